The van der Waals surface area contributed by atoms with Crippen LogP contribution in [0.25, 0.3) is 11.3 Å². The summed E-state index contributed by atoms with van der Waals surface area (Å²) in [7, 11) is 0. The molecule has 0 fully saturated rings. The zero-order chi connectivity index (χ0) is 21.1. The molecule has 0 aliphatic heterocycles. The summed E-state index contributed by atoms with van der Waals surface area (Å²) in [5.41, 5.74) is 3.51. The van der Waals surface area contributed by atoms with Crippen molar-refractivity contribution in [1.82, 2.24) is 4.68 Å². The van der Waals surface area contributed by atoms with Crippen molar-refractivity contribution >= 4 is 54.6 Å². The van der Waals surface area contributed by atoms with E-state index in [4.69, 9.17) is 5.10 Å². The first-order chi connectivity index (χ1) is 13.8. The molecule has 2 aromatic carbocycles. The van der Waals surface area contributed by atoms with Gasteiger partial charge in [-0.15, -0.1) is 11.3 Å². The Morgan fingerprint density at radius 3 is 2.45 bits per heavy atom. The molecule has 0 saturated carbocycles. The van der Waals surface area contributed by atoms with Gasteiger partial charge in [0, 0.05) is 43.6 Å². The third-order valence-corrected chi connectivity index (χ3v) is 5.98. The topological polar surface area (TPSA) is 72.8 Å². The van der Waals surface area contributed by atoms with Crippen molar-refractivity contribution in [3.63, 3.8) is 0 Å². The summed E-state index contributed by atoms with van der Waals surface area (Å²) in [5, 5.41) is 17.8. The first kappa shape index (κ1) is 21.6. The van der Waals surface area contributed by atoms with Crippen molar-refractivity contribution < 1.29 is 4.92 Å². The first-order valence-corrected chi connectivity index (χ1v) is 11.2. The predicted molar refractivity (Wildman–Crippen MR) is 125 cm³/mol. The van der Waals surface area contributed by atoms with Crippen LogP contribution in [0.5, 0.6) is 0 Å². The Hall–Kier alpha value is -2.10. The van der Waals surface area contributed by atoms with Gasteiger partial charge in [0.2, 0.25) is 4.80 Å². The molecule has 3 rings (SSSR count). The van der Waals surface area contributed by atoms with E-state index in [0.29, 0.717) is 0 Å². The fraction of sp³-hybridized carbons (Fsp3) is 0.200. The number of aromatic nitrogens is 1. The molecular formula is C20H18Br2N4O2S. The lowest BCUT2D eigenvalue weighted by molar-refractivity contribution is -0.384. The van der Waals surface area contributed by atoms with Crippen molar-refractivity contribution in [2.45, 2.75) is 26.8 Å². The maximum atomic E-state index is 11.0. The minimum atomic E-state index is -0.404. The van der Waals surface area contributed by atoms with Crippen LogP contribution in [0, 0.1) is 10.1 Å². The number of nitro benzene ring substituents is 1. The summed E-state index contributed by atoms with van der Waals surface area (Å²) >= 11 is 8.55. The number of rotatable bonds is 5. The van der Waals surface area contributed by atoms with Crippen molar-refractivity contribution in [3.8, 4) is 11.3 Å². The molecule has 0 unspecified atom stereocenters. The highest BCUT2D eigenvalue weighted by atomic mass is 79.9. The molecule has 0 radical (unpaired) electrons. The van der Waals surface area contributed by atoms with Gasteiger partial charge in [-0.2, -0.15) is 5.10 Å². The molecule has 0 amide bonds. The maximum absolute atomic E-state index is 11.0. The van der Waals surface area contributed by atoms with Crippen LogP contribution in [-0.4, -0.2) is 21.4 Å². The molecule has 0 N–H and O–H groups in total. The third-order valence-electron chi connectivity index (χ3n) is 4.00. The Morgan fingerprint density at radius 1 is 1.17 bits per heavy atom. The molecule has 9 heteroatoms. The van der Waals surface area contributed by atoms with Crippen LogP contribution < -0.4 is 4.80 Å². The highest BCUT2D eigenvalue weighted by Gasteiger charge is 2.12. The van der Waals surface area contributed by atoms with E-state index >= 15 is 0 Å². The molecule has 1 aromatic heterocycles. The van der Waals surface area contributed by atoms with Gasteiger partial charge in [-0.05, 0) is 45.0 Å². The fourth-order valence-electron chi connectivity index (χ4n) is 2.65. The molecule has 0 atom stereocenters. The molecule has 29 heavy (non-hydrogen) atoms. The van der Waals surface area contributed by atoms with Crippen LogP contribution in [0.3, 0.4) is 0 Å². The van der Waals surface area contributed by atoms with Crippen LogP contribution >= 0.6 is 43.2 Å². The predicted octanol–water partition coefficient (Wildman–Crippen LogP) is 6.23. The molecule has 0 aliphatic carbocycles. The number of hydrogen-bond donors (Lipinski definition) is 0. The number of nitrogens with zero attached hydrogens (tertiary/aromatic N) is 4. The SMILES string of the molecule is CC(=Nn1c(-c2ccc([N+](=O)[O-])cc2)csc1=NC(C)C)c1ccc(Br)cc1Br. The largest absolute Gasteiger partial charge is 0.269 e. The Kier molecular flexibility index (Phi) is 6.81. The number of benzene rings is 2. The number of hydrogen-bond acceptors (Lipinski definition) is 5. The quantitative estimate of drug-likeness (QED) is 0.220. The molecule has 6 nitrogen and oxygen atoms in total. The van der Waals surface area contributed by atoms with Gasteiger partial charge in [0.1, 0.15) is 0 Å². The van der Waals surface area contributed by atoms with Crippen LogP contribution in [-0.2, 0) is 0 Å². The van der Waals surface area contributed by atoms with E-state index in [1.807, 2.05) is 44.4 Å². The van der Waals surface area contributed by atoms with Gasteiger partial charge in [-0.25, -0.2) is 4.68 Å². The zero-order valence-corrected chi connectivity index (χ0v) is 20.0. The fourth-order valence-corrected chi connectivity index (χ4v) is 4.94. The molecule has 3 aromatic rings. The average molecular weight is 538 g/mol. The second-order valence-corrected chi connectivity index (χ2v) is 9.16. The molecule has 0 saturated heterocycles. The monoisotopic (exact) mass is 536 g/mol. The molecule has 0 aliphatic rings. The van der Waals surface area contributed by atoms with Gasteiger partial charge in [0.25, 0.3) is 5.69 Å². The number of halogens is 2. The van der Waals surface area contributed by atoms with Crippen LogP contribution in [0.4, 0.5) is 5.69 Å². The van der Waals surface area contributed by atoms with E-state index < -0.39 is 4.92 Å². The Labute approximate surface area is 189 Å². The lowest BCUT2D eigenvalue weighted by Gasteiger charge is -2.08. The summed E-state index contributed by atoms with van der Waals surface area (Å²) in [6.45, 7) is 5.96. The summed E-state index contributed by atoms with van der Waals surface area (Å²) < 4.78 is 3.71. The highest BCUT2D eigenvalue weighted by Crippen LogP contribution is 2.25. The van der Waals surface area contributed by atoms with E-state index in [-0.39, 0.29) is 11.7 Å². The number of nitro groups is 1. The second kappa shape index (κ2) is 9.15. The van der Waals surface area contributed by atoms with Crippen molar-refractivity contribution in [1.29, 1.82) is 0 Å². The second-order valence-electron chi connectivity index (χ2n) is 6.55. The van der Waals surface area contributed by atoms with Gasteiger partial charge in [0.05, 0.1) is 16.3 Å². The third kappa shape index (κ3) is 5.09. The van der Waals surface area contributed by atoms with Gasteiger partial charge in [-0.1, -0.05) is 37.9 Å². The van der Waals surface area contributed by atoms with Gasteiger partial charge in [-0.3, -0.25) is 15.1 Å². The molecule has 0 bridgehead atoms. The highest BCUT2D eigenvalue weighted by molar-refractivity contribution is 9.11. The Balaban J connectivity index is 2.15. The average Bonchev–Trinajstić information content (AvgIpc) is 3.03. The lowest BCUT2D eigenvalue weighted by Crippen LogP contribution is -2.16. The molecule has 150 valence electrons. The smallest absolute Gasteiger partial charge is 0.258 e. The van der Waals surface area contributed by atoms with Gasteiger partial charge < -0.3 is 0 Å². The van der Waals surface area contributed by atoms with Crippen molar-refractivity contribution in [3.05, 3.63) is 77.3 Å². The van der Waals surface area contributed by atoms with E-state index in [0.717, 1.165) is 36.3 Å². The van der Waals surface area contributed by atoms with E-state index in [9.17, 15) is 10.1 Å². The van der Waals surface area contributed by atoms with Crippen molar-refractivity contribution in [2.24, 2.45) is 10.1 Å². The van der Waals surface area contributed by atoms with Crippen LogP contribution in [0.1, 0.15) is 26.3 Å². The minimum absolute atomic E-state index is 0.0566. The van der Waals surface area contributed by atoms with Crippen LogP contribution in [0.2, 0.25) is 0 Å². The van der Waals surface area contributed by atoms with Crippen LogP contribution in [0.15, 0.2) is 66.9 Å². The number of thiazole rings is 1. The minimum Gasteiger partial charge on any atom is -0.258 e. The van der Waals surface area contributed by atoms with E-state index in [1.54, 1.807) is 16.8 Å². The van der Waals surface area contributed by atoms with E-state index in [2.05, 4.69) is 36.9 Å². The van der Waals surface area contributed by atoms with Crippen molar-refractivity contribution in [2.75, 3.05) is 0 Å². The summed E-state index contributed by atoms with van der Waals surface area (Å²) in [4.78, 5) is 16.0. The summed E-state index contributed by atoms with van der Waals surface area (Å²) in [5.74, 6) is 0. The standard InChI is InChI=1S/C20H18Br2N4O2S/c1-12(2)23-20-25(24-13(3)17-9-6-15(21)10-18(17)22)19(11-29-20)14-4-7-16(8-5-14)26(27)28/h4-12H,1-3H3. The zero-order valence-electron chi connectivity index (χ0n) is 16.0. The Bertz CT molecular complexity index is 1150. The van der Waals surface area contributed by atoms with Gasteiger partial charge in [0.15, 0.2) is 0 Å². The molecular weight excluding hydrogens is 520 g/mol. The van der Waals surface area contributed by atoms with E-state index in [1.165, 1.54) is 23.5 Å². The first-order valence-electron chi connectivity index (χ1n) is 8.76. The van der Waals surface area contributed by atoms with Gasteiger partial charge >= 0.3 is 0 Å². The normalized spacial score (nSPS) is 12.6. The Morgan fingerprint density at radius 2 is 1.86 bits per heavy atom. The molecule has 0 spiro atoms. The summed E-state index contributed by atoms with van der Waals surface area (Å²) in [6.07, 6.45) is 0. The summed E-state index contributed by atoms with van der Waals surface area (Å²) in [6, 6.07) is 12.5. The number of non-ortho nitro benzene ring substituents is 1. The molecule has 1 heterocycles. The maximum Gasteiger partial charge on any atom is 0.269 e. The lowest BCUT2D eigenvalue weighted by atomic mass is 10.1.